The molecule has 24 heavy (non-hydrogen) atoms. The quantitative estimate of drug-likeness (QED) is 0.839. The minimum Gasteiger partial charge on any atom is -0.378 e. The van der Waals surface area contributed by atoms with Gasteiger partial charge in [-0.05, 0) is 30.5 Å². The molecular formula is C15H17ClN4O3S. The van der Waals surface area contributed by atoms with Gasteiger partial charge in [0, 0.05) is 19.6 Å². The molecule has 0 unspecified atom stereocenters. The van der Waals surface area contributed by atoms with Gasteiger partial charge >= 0.3 is 0 Å². The summed E-state index contributed by atoms with van der Waals surface area (Å²) >= 11 is 5.89. The number of benzene rings is 1. The van der Waals surface area contributed by atoms with Gasteiger partial charge in [0.15, 0.2) is 0 Å². The fourth-order valence-electron chi connectivity index (χ4n) is 2.56. The predicted octanol–water partition coefficient (Wildman–Crippen LogP) is 1.82. The zero-order valence-electron chi connectivity index (χ0n) is 12.8. The van der Waals surface area contributed by atoms with Crippen molar-refractivity contribution in [2.24, 2.45) is 0 Å². The van der Waals surface area contributed by atoms with E-state index < -0.39 is 15.6 Å². The Morgan fingerprint density at radius 1 is 1.21 bits per heavy atom. The van der Waals surface area contributed by atoms with Crippen molar-refractivity contribution in [1.29, 1.82) is 0 Å². The van der Waals surface area contributed by atoms with E-state index in [-0.39, 0.29) is 5.02 Å². The largest absolute Gasteiger partial charge is 0.378 e. The minimum absolute atomic E-state index is 0.0400. The molecule has 0 bridgehead atoms. The van der Waals surface area contributed by atoms with E-state index in [2.05, 4.69) is 15.5 Å². The van der Waals surface area contributed by atoms with Gasteiger partial charge in [-0.25, -0.2) is 13.5 Å². The maximum Gasteiger partial charge on any atom is 0.285 e. The molecule has 0 radical (unpaired) electrons. The Hall–Kier alpha value is -1.90. The van der Waals surface area contributed by atoms with Gasteiger partial charge in [0.2, 0.25) is 10.0 Å². The number of aromatic amines is 1. The van der Waals surface area contributed by atoms with E-state index in [0.29, 0.717) is 30.2 Å². The van der Waals surface area contributed by atoms with E-state index in [0.717, 1.165) is 18.4 Å². The number of nitrogens with zero attached hydrogens (tertiary/aromatic N) is 2. The summed E-state index contributed by atoms with van der Waals surface area (Å²) in [5.41, 5.74) is 0.828. The molecule has 3 rings (SSSR count). The fraction of sp³-hybridized carbons (Fsp3) is 0.333. The van der Waals surface area contributed by atoms with Crippen molar-refractivity contribution in [3.63, 3.8) is 0 Å². The lowest BCUT2D eigenvalue weighted by Crippen LogP contribution is -2.27. The first-order valence-electron chi connectivity index (χ1n) is 7.54. The first-order valence-corrected chi connectivity index (χ1v) is 9.36. The van der Waals surface area contributed by atoms with Crippen molar-refractivity contribution in [3.05, 3.63) is 51.4 Å². The average molecular weight is 369 g/mol. The third-order valence-electron chi connectivity index (χ3n) is 3.90. The molecule has 1 aliphatic rings. The highest BCUT2D eigenvalue weighted by Gasteiger charge is 2.26. The van der Waals surface area contributed by atoms with Gasteiger partial charge in [-0.2, -0.15) is 9.40 Å². The Morgan fingerprint density at radius 3 is 2.54 bits per heavy atom. The van der Waals surface area contributed by atoms with Crippen molar-refractivity contribution >= 4 is 27.3 Å². The van der Waals surface area contributed by atoms with Crippen LogP contribution in [0.15, 0.2) is 40.2 Å². The lowest BCUT2D eigenvalue weighted by molar-refractivity contribution is 0.477. The molecule has 7 nitrogen and oxygen atoms in total. The SMILES string of the molecule is O=c1[nH]ncc(NCc2ccc(S(=O)(=O)N3CCCC3)cc2)c1Cl. The molecule has 1 aliphatic heterocycles. The first-order chi connectivity index (χ1) is 11.5. The highest BCUT2D eigenvalue weighted by Crippen LogP contribution is 2.21. The number of H-pyrrole nitrogens is 1. The Morgan fingerprint density at radius 2 is 1.88 bits per heavy atom. The van der Waals surface area contributed by atoms with Crippen LogP contribution in [0.3, 0.4) is 0 Å². The van der Waals surface area contributed by atoms with Crippen LogP contribution >= 0.6 is 11.6 Å². The van der Waals surface area contributed by atoms with Gasteiger partial charge in [-0.15, -0.1) is 0 Å². The number of rotatable bonds is 5. The van der Waals surface area contributed by atoms with Gasteiger partial charge in [0.25, 0.3) is 5.56 Å². The number of nitrogens with one attached hydrogen (secondary N) is 2. The second-order valence-electron chi connectivity index (χ2n) is 5.54. The summed E-state index contributed by atoms with van der Waals surface area (Å²) in [7, 11) is -3.40. The maximum atomic E-state index is 12.5. The standard InChI is InChI=1S/C15H17ClN4O3S/c16-14-13(10-18-19-15(14)21)17-9-11-3-5-12(6-4-11)24(22,23)20-7-1-2-8-20/h3-6,10H,1-2,7-9H2,(H2,17,19,21). The minimum atomic E-state index is -3.40. The lowest BCUT2D eigenvalue weighted by atomic mass is 10.2. The zero-order chi connectivity index (χ0) is 17.2. The van der Waals surface area contributed by atoms with Gasteiger partial charge in [0.1, 0.15) is 5.02 Å². The second-order valence-corrected chi connectivity index (χ2v) is 7.85. The molecule has 0 atom stereocenters. The van der Waals surface area contributed by atoms with Gasteiger partial charge in [-0.1, -0.05) is 23.7 Å². The number of halogens is 1. The number of hydrogen-bond acceptors (Lipinski definition) is 5. The molecule has 128 valence electrons. The molecule has 2 heterocycles. The third-order valence-corrected chi connectivity index (χ3v) is 6.19. The summed E-state index contributed by atoms with van der Waals surface area (Å²) in [5.74, 6) is 0. The van der Waals surface area contributed by atoms with Crippen LogP contribution in [0.2, 0.25) is 5.02 Å². The van der Waals surface area contributed by atoms with Crippen molar-refractivity contribution in [2.75, 3.05) is 18.4 Å². The van der Waals surface area contributed by atoms with Gasteiger partial charge in [-0.3, -0.25) is 4.79 Å². The van der Waals surface area contributed by atoms with Crippen molar-refractivity contribution in [2.45, 2.75) is 24.3 Å². The van der Waals surface area contributed by atoms with E-state index >= 15 is 0 Å². The lowest BCUT2D eigenvalue weighted by Gasteiger charge is -2.15. The molecule has 0 aliphatic carbocycles. The molecule has 1 saturated heterocycles. The van der Waals surface area contributed by atoms with Crippen molar-refractivity contribution in [1.82, 2.24) is 14.5 Å². The number of aromatic nitrogens is 2. The summed E-state index contributed by atoms with van der Waals surface area (Å²) < 4.78 is 26.4. The van der Waals surface area contributed by atoms with Crippen LogP contribution in [-0.4, -0.2) is 36.0 Å². The van der Waals surface area contributed by atoms with Gasteiger partial charge in [0.05, 0.1) is 16.8 Å². The maximum absolute atomic E-state index is 12.5. The Kier molecular flexibility index (Phi) is 4.88. The van der Waals surface area contributed by atoms with Crippen LogP contribution in [0.1, 0.15) is 18.4 Å². The molecule has 0 saturated carbocycles. The van der Waals surface area contributed by atoms with Crippen LogP contribution in [0, 0.1) is 0 Å². The highest BCUT2D eigenvalue weighted by molar-refractivity contribution is 7.89. The van der Waals surface area contributed by atoms with E-state index in [1.807, 2.05) is 0 Å². The van der Waals surface area contributed by atoms with Crippen molar-refractivity contribution in [3.8, 4) is 0 Å². The van der Waals surface area contributed by atoms with E-state index in [1.165, 1.54) is 10.5 Å². The number of hydrogen-bond donors (Lipinski definition) is 2. The van der Waals surface area contributed by atoms with Crippen LogP contribution in [0.5, 0.6) is 0 Å². The number of anilines is 1. The number of sulfonamides is 1. The first kappa shape index (κ1) is 16.9. The molecular weight excluding hydrogens is 352 g/mol. The average Bonchev–Trinajstić information content (AvgIpc) is 3.12. The summed E-state index contributed by atoms with van der Waals surface area (Å²) in [6.45, 7) is 1.56. The van der Waals surface area contributed by atoms with E-state index in [4.69, 9.17) is 11.6 Å². The molecule has 2 N–H and O–H groups in total. The van der Waals surface area contributed by atoms with Crippen LogP contribution < -0.4 is 10.9 Å². The van der Waals surface area contributed by atoms with Gasteiger partial charge < -0.3 is 5.32 Å². The molecule has 9 heteroatoms. The second kappa shape index (κ2) is 6.92. The summed E-state index contributed by atoms with van der Waals surface area (Å²) in [4.78, 5) is 11.7. The Labute approximate surface area is 144 Å². The van der Waals surface area contributed by atoms with Crippen molar-refractivity contribution < 1.29 is 8.42 Å². The normalized spacial score (nSPS) is 15.5. The van der Waals surface area contributed by atoms with E-state index in [1.54, 1.807) is 24.3 Å². The summed E-state index contributed by atoms with van der Waals surface area (Å²) in [5, 5.41) is 8.97. The molecule has 1 aromatic heterocycles. The smallest absolute Gasteiger partial charge is 0.285 e. The van der Waals surface area contributed by atoms with Crippen LogP contribution in [0.25, 0.3) is 0 Å². The third kappa shape index (κ3) is 3.45. The molecule has 0 spiro atoms. The monoisotopic (exact) mass is 368 g/mol. The topological polar surface area (TPSA) is 95.2 Å². The van der Waals surface area contributed by atoms with Crippen LogP contribution in [0.4, 0.5) is 5.69 Å². The fourth-order valence-corrected chi connectivity index (χ4v) is 4.24. The summed E-state index contributed by atoms with van der Waals surface area (Å²) in [6.07, 6.45) is 3.24. The molecule has 2 aromatic rings. The van der Waals surface area contributed by atoms with Crippen LogP contribution in [-0.2, 0) is 16.6 Å². The summed E-state index contributed by atoms with van der Waals surface area (Å²) in [6, 6.07) is 6.68. The Bertz CT molecular complexity index is 874. The zero-order valence-corrected chi connectivity index (χ0v) is 14.4. The molecule has 1 aromatic carbocycles. The Balaban J connectivity index is 1.71. The highest BCUT2D eigenvalue weighted by atomic mass is 35.5. The molecule has 0 amide bonds. The molecule has 1 fully saturated rings. The van der Waals surface area contributed by atoms with E-state index in [9.17, 15) is 13.2 Å². The predicted molar refractivity (Wildman–Crippen MR) is 91.6 cm³/mol.